The number of nitrogens with zero attached hydrogens (tertiary/aromatic N) is 1. The molecule has 0 N–H and O–H groups in total. The summed E-state index contributed by atoms with van der Waals surface area (Å²) in [5.74, 6) is 2.68. The van der Waals surface area contributed by atoms with Gasteiger partial charge in [-0.2, -0.15) is 4.57 Å². The van der Waals surface area contributed by atoms with Crippen molar-refractivity contribution >= 4 is 10.8 Å². The second-order valence-corrected chi connectivity index (χ2v) is 9.92. The number of hydrogen-bond donors (Lipinski definition) is 0. The predicted molar refractivity (Wildman–Crippen MR) is 122 cm³/mol. The molecule has 0 spiro atoms. The third-order valence-corrected chi connectivity index (χ3v) is 8.10. The van der Waals surface area contributed by atoms with Crippen LogP contribution in [0.5, 0.6) is 0 Å². The SMILES string of the molecule is Cc1cc(C)c(C)c(-c2c3ccc(C4CC5CCC4CC5)cc3cc(C)[n+]2C)c1. The van der Waals surface area contributed by atoms with E-state index in [0.717, 1.165) is 17.8 Å². The Morgan fingerprint density at radius 1 is 0.862 bits per heavy atom. The smallest absolute Gasteiger partial charge is 0.198 e. The first-order chi connectivity index (χ1) is 13.9. The van der Waals surface area contributed by atoms with E-state index in [-0.39, 0.29) is 0 Å². The van der Waals surface area contributed by atoms with E-state index in [9.17, 15) is 0 Å². The molecule has 3 aliphatic carbocycles. The van der Waals surface area contributed by atoms with Crippen LogP contribution >= 0.6 is 0 Å². The van der Waals surface area contributed by atoms with Gasteiger partial charge in [-0.3, -0.25) is 0 Å². The van der Waals surface area contributed by atoms with Crippen LogP contribution in [0.4, 0.5) is 0 Å². The third-order valence-electron chi connectivity index (χ3n) is 8.10. The first-order valence-electron chi connectivity index (χ1n) is 11.4. The Morgan fingerprint density at radius 2 is 1.62 bits per heavy atom. The Morgan fingerprint density at radius 3 is 2.31 bits per heavy atom. The fraction of sp³-hybridized carbons (Fsp3) is 0.464. The molecule has 3 aromatic rings. The zero-order valence-electron chi connectivity index (χ0n) is 18.7. The lowest BCUT2D eigenvalue weighted by atomic mass is 9.63. The summed E-state index contributed by atoms with van der Waals surface area (Å²) in [5.41, 5.74) is 9.77. The maximum Gasteiger partial charge on any atom is 0.220 e. The highest BCUT2D eigenvalue weighted by atomic mass is 14.9. The summed E-state index contributed by atoms with van der Waals surface area (Å²) in [7, 11) is 2.22. The minimum absolute atomic E-state index is 0.785. The van der Waals surface area contributed by atoms with Crippen molar-refractivity contribution in [1.29, 1.82) is 0 Å². The summed E-state index contributed by atoms with van der Waals surface area (Å²) < 4.78 is 2.38. The van der Waals surface area contributed by atoms with Crippen molar-refractivity contribution in [2.24, 2.45) is 18.9 Å². The molecule has 1 aromatic heterocycles. The Kier molecular flexibility index (Phi) is 4.53. The Balaban J connectivity index is 1.69. The van der Waals surface area contributed by atoms with Gasteiger partial charge in [-0.1, -0.05) is 36.6 Å². The number of benzene rings is 2. The van der Waals surface area contributed by atoms with Crippen LogP contribution in [0.2, 0.25) is 0 Å². The molecule has 1 unspecified atom stereocenters. The van der Waals surface area contributed by atoms with Crippen LogP contribution in [-0.2, 0) is 7.05 Å². The molecule has 1 heteroatoms. The zero-order valence-corrected chi connectivity index (χ0v) is 18.7. The van der Waals surface area contributed by atoms with E-state index >= 15 is 0 Å². The van der Waals surface area contributed by atoms with E-state index in [0.29, 0.717) is 0 Å². The largest absolute Gasteiger partial charge is 0.220 e. The van der Waals surface area contributed by atoms with Gasteiger partial charge in [0, 0.05) is 13.0 Å². The molecule has 3 fully saturated rings. The fourth-order valence-electron chi connectivity index (χ4n) is 6.22. The van der Waals surface area contributed by atoms with Crippen LogP contribution in [0.3, 0.4) is 0 Å². The Bertz CT molecular complexity index is 1100. The quantitative estimate of drug-likeness (QED) is 0.425. The van der Waals surface area contributed by atoms with Gasteiger partial charge in [-0.25, -0.2) is 0 Å². The third kappa shape index (κ3) is 3.10. The second-order valence-electron chi connectivity index (χ2n) is 9.92. The van der Waals surface area contributed by atoms with Crippen LogP contribution in [0.25, 0.3) is 22.0 Å². The second kappa shape index (κ2) is 6.97. The lowest BCUT2D eigenvalue weighted by Gasteiger charge is -2.42. The number of fused-ring (bicyclic) bond motifs is 4. The lowest BCUT2D eigenvalue weighted by molar-refractivity contribution is -0.665. The van der Waals surface area contributed by atoms with Gasteiger partial charge in [0.05, 0.1) is 10.9 Å². The van der Waals surface area contributed by atoms with Crippen LogP contribution in [0, 0.1) is 39.5 Å². The summed E-state index contributed by atoms with van der Waals surface area (Å²) in [6.07, 6.45) is 7.25. The zero-order chi connectivity index (χ0) is 20.3. The van der Waals surface area contributed by atoms with E-state index in [1.54, 1.807) is 5.56 Å². The van der Waals surface area contributed by atoms with E-state index in [4.69, 9.17) is 0 Å². The molecule has 0 amide bonds. The molecular weight excluding hydrogens is 350 g/mol. The first kappa shape index (κ1) is 18.9. The minimum Gasteiger partial charge on any atom is -0.198 e. The molecule has 150 valence electrons. The van der Waals surface area contributed by atoms with Crippen molar-refractivity contribution < 1.29 is 4.57 Å². The van der Waals surface area contributed by atoms with Gasteiger partial charge in [0.2, 0.25) is 5.69 Å². The molecule has 0 radical (unpaired) electrons. The van der Waals surface area contributed by atoms with Gasteiger partial charge in [-0.15, -0.1) is 0 Å². The van der Waals surface area contributed by atoms with Crippen LogP contribution < -0.4 is 4.57 Å². The first-order valence-corrected chi connectivity index (χ1v) is 11.4. The molecule has 2 bridgehead atoms. The Hall–Kier alpha value is -2.15. The molecule has 0 aliphatic heterocycles. The average molecular weight is 385 g/mol. The molecule has 1 atom stereocenters. The summed E-state index contributed by atoms with van der Waals surface area (Å²) in [6, 6.07) is 14.4. The molecule has 1 nitrogen and oxygen atoms in total. The topological polar surface area (TPSA) is 3.88 Å². The summed E-state index contributed by atoms with van der Waals surface area (Å²) in [5, 5.41) is 2.80. The van der Waals surface area contributed by atoms with Gasteiger partial charge in [0.15, 0.2) is 5.69 Å². The number of pyridine rings is 1. The minimum atomic E-state index is 0.785. The van der Waals surface area contributed by atoms with Crippen LogP contribution in [0.1, 0.15) is 66.0 Å². The van der Waals surface area contributed by atoms with Gasteiger partial charge in [-0.05, 0) is 92.0 Å². The highest BCUT2D eigenvalue weighted by Gasteiger charge is 2.36. The molecule has 2 aromatic carbocycles. The van der Waals surface area contributed by atoms with Gasteiger partial charge in [0.25, 0.3) is 0 Å². The van der Waals surface area contributed by atoms with E-state index < -0.39 is 0 Å². The summed E-state index contributed by atoms with van der Waals surface area (Å²) >= 11 is 0. The highest BCUT2D eigenvalue weighted by molar-refractivity contribution is 5.94. The van der Waals surface area contributed by atoms with Gasteiger partial charge in [0.1, 0.15) is 7.05 Å². The van der Waals surface area contributed by atoms with Crippen LogP contribution in [-0.4, -0.2) is 0 Å². The van der Waals surface area contributed by atoms with Crippen molar-refractivity contribution in [3.05, 3.63) is 64.3 Å². The highest BCUT2D eigenvalue weighted by Crippen LogP contribution is 2.50. The monoisotopic (exact) mass is 384 g/mol. The van der Waals surface area contributed by atoms with Crippen molar-refractivity contribution in [3.8, 4) is 11.3 Å². The van der Waals surface area contributed by atoms with Gasteiger partial charge < -0.3 is 0 Å². The van der Waals surface area contributed by atoms with E-state index in [1.165, 1.54) is 76.5 Å². The number of rotatable bonds is 2. The molecule has 6 rings (SSSR count). The standard InChI is InChI=1S/C28H34N/c1-17-12-18(2)20(4)26(13-17)28-25-11-10-23(16-24(25)14-19(3)29(28)5)27-15-21-6-8-22(27)9-7-21/h10-14,16,21-22,27H,6-9,15H2,1-5H3/q+1. The molecular formula is C28H34N+. The average Bonchev–Trinajstić information content (AvgIpc) is 2.72. The molecule has 0 saturated heterocycles. The van der Waals surface area contributed by atoms with Crippen LogP contribution in [0.15, 0.2) is 36.4 Å². The van der Waals surface area contributed by atoms with Gasteiger partial charge >= 0.3 is 0 Å². The summed E-state index contributed by atoms with van der Waals surface area (Å²) in [6.45, 7) is 8.96. The number of aryl methyl sites for hydroxylation is 3. The molecule has 3 aliphatic rings. The van der Waals surface area contributed by atoms with Crippen molar-refractivity contribution in [2.75, 3.05) is 0 Å². The molecule has 29 heavy (non-hydrogen) atoms. The van der Waals surface area contributed by atoms with Crippen molar-refractivity contribution in [3.63, 3.8) is 0 Å². The summed E-state index contributed by atoms with van der Waals surface area (Å²) in [4.78, 5) is 0. The van der Waals surface area contributed by atoms with Crippen molar-refractivity contribution in [1.82, 2.24) is 0 Å². The maximum atomic E-state index is 2.52. The lowest BCUT2D eigenvalue weighted by Crippen LogP contribution is -2.35. The molecule has 3 saturated carbocycles. The number of hydrogen-bond acceptors (Lipinski definition) is 0. The fourth-order valence-corrected chi connectivity index (χ4v) is 6.22. The normalized spacial score (nSPS) is 23.7. The molecule has 1 heterocycles. The van der Waals surface area contributed by atoms with E-state index in [1.807, 2.05) is 0 Å². The van der Waals surface area contributed by atoms with Crippen molar-refractivity contribution in [2.45, 2.75) is 65.7 Å². The maximum absolute atomic E-state index is 2.52. The van der Waals surface area contributed by atoms with E-state index in [2.05, 4.69) is 75.7 Å². The Labute approximate surface area is 175 Å². The predicted octanol–water partition coefficient (Wildman–Crippen LogP) is 6.86. The number of aromatic nitrogens is 1.